The van der Waals surface area contributed by atoms with Gasteiger partial charge in [-0.05, 0) is 48.8 Å². The highest BCUT2D eigenvalue weighted by atomic mass is 16.5. The molecule has 1 fully saturated rings. The number of esters is 1. The number of hydrogen-bond acceptors (Lipinski definition) is 5. The van der Waals surface area contributed by atoms with Gasteiger partial charge in [-0.15, -0.1) is 0 Å². The Morgan fingerprint density at radius 2 is 2.03 bits per heavy atom. The Balaban J connectivity index is 1.77. The van der Waals surface area contributed by atoms with Crippen LogP contribution in [0.15, 0.2) is 83.3 Å². The molecule has 0 aromatic heterocycles. The Morgan fingerprint density at radius 1 is 1.23 bits per heavy atom. The summed E-state index contributed by atoms with van der Waals surface area (Å²) in [5.41, 5.74) is 3.34. The number of ketones is 1. The van der Waals surface area contributed by atoms with Gasteiger partial charge in [0.1, 0.15) is 5.70 Å². The van der Waals surface area contributed by atoms with Crippen molar-refractivity contribution in [2.45, 2.75) is 13.8 Å². The van der Waals surface area contributed by atoms with E-state index in [2.05, 4.69) is 16.7 Å². The number of benzene rings is 1. The summed E-state index contributed by atoms with van der Waals surface area (Å²) in [6.07, 6.45) is 11.9. The second kappa shape index (κ2) is 8.19. The fourth-order valence-electron chi connectivity index (χ4n) is 4.48. The predicted octanol–water partition coefficient (Wildman–Crippen LogP) is 3.30. The van der Waals surface area contributed by atoms with Crippen LogP contribution in [0.3, 0.4) is 0 Å². The van der Waals surface area contributed by atoms with Gasteiger partial charge in [0.25, 0.3) is 0 Å². The second-order valence-electron chi connectivity index (χ2n) is 7.66. The minimum absolute atomic E-state index is 0.0670. The molecular weight excluding hydrogens is 376 g/mol. The molecule has 30 heavy (non-hydrogen) atoms. The molecule has 3 aliphatic rings. The molecule has 5 heteroatoms. The lowest BCUT2D eigenvalue weighted by Gasteiger charge is -2.35. The lowest BCUT2D eigenvalue weighted by atomic mass is 9.65. The van der Waals surface area contributed by atoms with Crippen molar-refractivity contribution in [3.63, 3.8) is 0 Å². The molecule has 154 valence electrons. The SMILES string of the molecule is CCOC(=O)C1=CC23C(=CCN1)C=CC=C2NCC3C(=O)C(C)=Cc1ccccc1. The maximum absolute atomic E-state index is 13.6. The topological polar surface area (TPSA) is 67.4 Å². The van der Waals surface area contributed by atoms with Crippen molar-refractivity contribution < 1.29 is 14.3 Å². The summed E-state index contributed by atoms with van der Waals surface area (Å²) in [4.78, 5) is 26.1. The third-order valence-electron chi connectivity index (χ3n) is 5.88. The summed E-state index contributed by atoms with van der Waals surface area (Å²) in [6.45, 7) is 4.95. The van der Waals surface area contributed by atoms with E-state index in [-0.39, 0.29) is 11.7 Å². The molecule has 4 rings (SSSR count). The number of allylic oxidation sites excluding steroid dienone is 5. The molecule has 1 spiro atoms. The van der Waals surface area contributed by atoms with Crippen LogP contribution in [-0.2, 0) is 14.3 Å². The highest BCUT2D eigenvalue weighted by molar-refractivity contribution is 6.02. The number of nitrogens with one attached hydrogen (secondary N) is 2. The van der Waals surface area contributed by atoms with Crippen LogP contribution in [0.25, 0.3) is 6.08 Å². The molecule has 2 heterocycles. The van der Waals surface area contributed by atoms with Crippen LogP contribution >= 0.6 is 0 Å². The van der Waals surface area contributed by atoms with Gasteiger partial charge in [-0.25, -0.2) is 4.79 Å². The van der Waals surface area contributed by atoms with E-state index < -0.39 is 11.4 Å². The minimum Gasteiger partial charge on any atom is -0.461 e. The lowest BCUT2D eigenvalue weighted by molar-refractivity contribution is -0.139. The van der Waals surface area contributed by atoms with Crippen molar-refractivity contribution in [3.05, 3.63) is 88.8 Å². The molecule has 0 radical (unpaired) electrons. The fourth-order valence-corrected chi connectivity index (χ4v) is 4.48. The van der Waals surface area contributed by atoms with E-state index in [0.29, 0.717) is 31.0 Å². The predicted molar refractivity (Wildman–Crippen MR) is 117 cm³/mol. The quantitative estimate of drug-likeness (QED) is 0.584. The van der Waals surface area contributed by atoms with Crippen LogP contribution in [0.1, 0.15) is 19.4 Å². The Bertz CT molecular complexity index is 1010. The number of ether oxygens (including phenoxy) is 1. The molecule has 1 aromatic rings. The van der Waals surface area contributed by atoms with Crippen LogP contribution in [-0.4, -0.2) is 31.4 Å². The van der Waals surface area contributed by atoms with Gasteiger partial charge in [0, 0.05) is 18.8 Å². The van der Waals surface area contributed by atoms with E-state index in [1.807, 2.05) is 67.6 Å². The van der Waals surface area contributed by atoms with Gasteiger partial charge in [0.05, 0.1) is 17.9 Å². The third-order valence-corrected chi connectivity index (χ3v) is 5.88. The zero-order valence-electron chi connectivity index (χ0n) is 17.3. The van der Waals surface area contributed by atoms with E-state index >= 15 is 0 Å². The Kier molecular flexibility index (Phi) is 5.44. The van der Waals surface area contributed by atoms with Gasteiger partial charge in [0.15, 0.2) is 5.78 Å². The van der Waals surface area contributed by atoms with Gasteiger partial charge in [-0.1, -0.05) is 48.6 Å². The summed E-state index contributed by atoms with van der Waals surface area (Å²) < 4.78 is 5.24. The summed E-state index contributed by atoms with van der Waals surface area (Å²) in [6, 6.07) is 9.83. The molecule has 1 aliphatic carbocycles. The number of Topliss-reactive ketones (excluding diaryl/α,β-unsaturated/α-hetero) is 1. The largest absolute Gasteiger partial charge is 0.461 e. The summed E-state index contributed by atoms with van der Waals surface area (Å²) in [7, 11) is 0. The van der Waals surface area contributed by atoms with E-state index in [9.17, 15) is 9.59 Å². The highest BCUT2D eigenvalue weighted by Crippen LogP contribution is 2.51. The van der Waals surface area contributed by atoms with Crippen molar-refractivity contribution in [1.29, 1.82) is 0 Å². The molecule has 2 N–H and O–H groups in total. The first-order valence-corrected chi connectivity index (χ1v) is 10.3. The Hall–Kier alpha value is -3.34. The summed E-state index contributed by atoms with van der Waals surface area (Å²) in [5, 5.41) is 6.57. The van der Waals surface area contributed by atoms with Crippen molar-refractivity contribution in [2.75, 3.05) is 19.7 Å². The van der Waals surface area contributed by atoms with Gasteiger partial charge in [-0.2, -0.15) is 0 Å². The average molecular weight is 402 g/mol. The van der Waals surface area contributed by atoms with Crippen molar-refractivity contribution in [3.8, 4) is 0 Å². The molecule has 5 nitrogen and oxygen atoms in total. The van der Waals surface area contributed by atoms with E-state index in [1.165, 1.54) is 0 Å². The molecular formula is C25H26N2O3. The van der Waals surface area contributed by atoms with E-state index in [0.717, 1.165) is 16.8 Å². The molecule has 1 saturated heterocycles. The van der Waals surface area contributed by atoms with Crippen molar-refractivity contribution >= 4 is 17.8 Å². The van der Waals surface area contributed by atoms with Crippen LogP contribution in [0.5, 0.6) is 0 Å². The van der Waals surface area contributed by atoms with Crippen molar-refractivity contribution in [1.82, 2.24) is 10.6 Å². The highest BCUT2D eigenvalue weighted by Gasteiger charge is 2.52. The maximum Gasteiger partial charge on any atom is 0.354 e. The number of carbonyl (C=O) groups excluding carboxylic acids is 2. The number of carbonyl (C=O) groups is 2. The Labute approximate surface area is 176 Å². The molecule has 1 aromatic carbocycles. The summed E-state index contributed by atoms with van der Waals surface area (Å²) in [5.74, 6) is -0.688. The van der Waals surface area contributed by atoms with Crippen LogP contribution < -0.4 is 10.6 Å². The van der Waals surface area contributed by atoms with Gasteiger partial charge >= 0.3 is 5.97 Å². The van der Waals surface area contributed by atoms with Crippen LogP contribution in [0.2, 0.25) is 0 Å². The molecule has 0 bridgehead atoms. The first-order valence-electron chi connectivity index (χ1n) is 10.3. The van der Waals surface area contributed by atoms with Crippen LogP contribution in [0.4, 0.5) is 0 Å². The van der Waals surface area contributed by atoms with Gasteiger partial charge < -0.3 is 15.4 Å². The third kappa shape index (κ3) is 3.41. The number of rotatable bonds is 5. The van der Waals surface area contributed by atoms with E-state index in [1.54, 1.807) is 6.92 Å². The zero-order chi connectivity index (χ0) is 21.1. The van der Waals surface area contributed by atoms with Crippen LogP contribution in [0, 0.1) is 11.3 Å². The Morgan fingerprint density at radius 3 is 2.80 bits per heavy atom. The lowest BCUT2D eigenvalue weighted by Crippen LogP contribution is -2.36. The molecule has 2 aliphatic heterocycles. The molecule has 2 unspecified atom stereocenters. The normalized spacial score (nSPS) is 24.8. The van der Waals surface area contributed by atoms with Gasteiger partial charge in [-0.3, -0.25) is 4.79 Å². The standard InChI is InChI=1S/C25H26N2O3/c1-3-30-24(29)21-15-25-19(12-13-26-21)10-7-11-22(25)27-16-20(25)23(28)17(2)14-18-8-5-4-6-9-18/h4-12,14-15,20,26-27H,3,13,16H2,1-2H3. The zero-order valence-corrected chi connectivity index (χ0v) is 17.3. The molecule has 0 amide bonds. The maximum atomic E-state index is 13.6. The minimum atomic E-state index is -0.705. The first kappa shape index (κ1) is 20.0. The second-order valence-corrected chi connectivity index (χ2v) is 7.66. The molecule has 2 atom stereocenters. The fraction of sp³-hybridized carbons (Fsp3) is 0.280. The molecule has 0 saturated carbocycles. The van der Waals surface area contributed by atoms with Gasteiger partial charge in [0.2, 0.25) is 0 Å². The van der Waals surface area contributed by atoms with E-state index in [4.69, 9.17) is 4.74 Å². The average Bonchev–Trinajstić information content (AvgIpc) is 3.00. The van der Waals surface area contributed by atoms with Crippen molar-refractivity contribution in [2.24, 2.45) is 11.3 Å². The summed E-state index contributed by atoms with van der Waals surface area (Å²) >= 11 is 0. The number of hydrogen-bond donors (Lipinski definition) is 2. The smallest absolute Gasteiger partial charge is 0.354 e. The first-order chi connectivity index (χ1) is 14.6. The monoisotopic (exact) mass is 402 g/mol.